The van der Waals surface area contributed by atoms with Gasteiger partial charge in [-0.25, -0.2) is 5.43 Å². The van der Waals surface area contributed by atoms with Crippen molar-refractivity contribution < 1.29 is 28.6 Å². The van der Waals surface area contributed by atoms with Crippen LogP contribution in [0.1, 0.15) is 50.6 Å². The third-order valence-corrected chi connectivity index (χ3v) is 5.60. The molecule has 3 aromatic rings. The number of anilines is 1. The van der Waals surface area contributed by atoms with Crippen molar-refractivity contribution >= 4 is 23.2 Å². The molecule has 0 bridgehead atoms. The summed E-state index contributed by atoms with van der Waals surface area (Å²) in [7, 11) is 0. The molecule has 0 spiro atoms. The number of aryl methyl sites for hydroxylation is 1. The number of aromatic hydroxyl groups is 1. The zero-order chi connectivity index (χ0) is 22.9. The maximum absolute atomic E-state index is 12.9. The van der Waals surface area contributed by atoms with E-state index in [1.54, 1.807) is 37.3 Å². The Balaban J connectivity index is 1.37. The Morgan fingerprint density at radius 3 is 2.70 bits per heavy atom. The molecule has 1 aliphatic carbocycles. The molecule has 2 heterocycles. The fraction of sp³-hybridized carbons (Fsp3) is 0.208. The van der Waals surface area contributed by atoms with Gasteiger partial charge in [0.2, 0.25) is 6.79 Å². The lowest BCUT2D eigenvalue weighted by Gasteiger charge is -2.13. The van der Waals surface area contributed by atoms with Crippen LogP contribution in [0, 0.1) is 6.92 Å². The molecule has 0 saturated heterocycles. The predicted octanol–water partition coefficient (Wildman–Crippen LogP) is 3.75. The number of furan rings is 1. The highest BCUT2D eigenvalue weighted by Gasteiger charge is 2.28. The highest BCUT2D eigenvalue weighted by molar-refractivity contribution is 6.09. The highest BCUT2D eigenvalue weighted by Crippen LogP contribution is 2.35. The number of carbonyl (C=O) groups excluding carboxylic acids is 2. The number of amides is 2. The number of carbonyl (C=O) groups is 2. The number of fused-ring (bicyclic) bond motifs is 2. The van der Waals surface area contributed by atoms with E-state index in [4.69, 9.17) is 13.9 Å². The number of rotatable bonds is 4. The number of hydrogen-bond donors (Lipinski definition) is 3. The van der Waals surface area contributed by atoms with Crippen LogP contribution in [0.2, 0.25) is 0 Å². The van der Waals surface area contributed by atoms with Gasteiger partial charge in [0.15, 0.2) is 17.3 Å². The number of phenols is 1. The Bertz CT molecular complexity index is 1290. The van der Waals surface area contributed by atoms with Crippen LogP contribution in [0.5, 0.6) is 17.2 Å². The lowest BCUT2D eigenvalue weighted by Crippen LogP contribution is -2.22. The number of phenolic OH excluding ortho intramolecular Hbond substituents is 1. The molecule has 2 aliphatic rings. The number of benzene rings is 2. The molecule has 2 amide bonds. The van der Waals surface area contributed by atoms with Crippen molar-refractivity contribution in [3.05, 3.63) is 70.7 Å². The summed E-state index contributed by atoms with van der Waals surface area (Å²) in [5.41, 5.74) is 5.20. The zero-order valence-electron chi connectivity index (χ0n) is 17.8. The average Bonchev–Trinajstić information content (AvgIpc) is 3.42. The molecule has 3 N–H and O–H groups in total. The molecule has 9 nitrogen and oxygen atoms in total. The fourth-order valence-corrected chi connectivity index (χ4v) is 4.00. The van der Waals surface area contributed by atoms with Crippen LogP contribution in [0.3, 0.4) is 0 Å². The van der Waals surface area contributed by atoms with Crippen LogP contribution in [0.15, 0.2) is 52.0 Å². The monoisotopic (exact) mass is 447 g/mol. The summed E-state index contributed by atoms with van der Waals surface area (Å²) >= 11 is 0. The van der Waals surface area contributed by atoms with E-state index in [-0.39, 0.29) is 23.9 Å². The number of ether oxygens (including phenoxy) is 2. The van der Waals surface area contributed by atoms with Crippen LogP contribution < -0.4 is 20.2 Å². The molecule has 0 radical (unpaired) electrons. The third-order valence-electron chi connectivity index (χ3n) is 5.60. The van der Waals surface area contributed by atoms with E-state index in [9.17, 15) is 14.7 Å². The van der Waals surface area contributed by atoms with Crippen molar-refractivity contribution in [1.82, 2.24) is 5.43 Å². The Hall–Kier alpha value is -4.27. The average molecular weight is 447 g/mol. The molecule has 33 heavy (non-hydrogen) atoms. The van der Waals surface area contributed by atoms with Gasteiger partial charge in [0.1, 0.15) is 11.5 Å². The zero-order valence-corrected chi connectivity index (χ0v) is 17.8. The largest absolute Gasteiger partial charge is 0.507 e. The Kier molecular flexibility index (Phi) is 5.21. The van der Waals surface area contributed by atoms with Gasteiger partial charge in [-0.3, -0.25) is 9.59 Å². The summed E-state index contributed by atoms with van der Waals surface area (Å²) in [6, 6.07) is 11.4. The molecule has 0 saturated carbocycles. The minimum atomic E-state index is -0.519. The fourth-order valence-electron chi connectivity index (χ4n) is 4.00. The summed E-state index contributed by atoms with van der Waals surface area (Å²) in [5, 5.41) is 17.0. The lowest BCUT2D eigenvalue weighted by atomic mass is 9.93. The van der Waals surface area contributed by atoms with Gasteiger partial charge in [-0.15, -0.1) is 0 Å². The van der Waals surface area contributed by atoms with Crippen molar-refractivity contribution in [2.45, 2.75) is 26.2 Å². The van der Waals surface area contributed by atoms with E-state index in [2.05, 4.69) is 15.8 Å². The summed E-state index contributed by atoms with van der Waals surface area (Å²) < 4.78 is 16.5. The van der Waals surface area contributed by atoms with Crippen LogP contribution in [0.25, 0.3) is 0 Å². The van der Waals surface area contributed by atoms with Crippen LogP contribution in [-0.4, -0.2) is 29.4 Å². The van der Waals surface area contributed by atoms with Crippen molar-refractivity contribution in [1.29, 1.82) is 0 Å². The second-order valence-electron chi connectivity index (χ2n) is 7.75. The molecular weight excluding hydrogens is 426 g/mol. The molecule has 1 aliphatic heterocycles. The number of nitrogens with zero attached hydrogens (tertiary/aromatic N) is 1. The first-order chi connectivity index (χ1) is 16.0. The van der Waals surface area contributed by atoms with Gasteiger partial charge in [0.05, 0.1) is 11.3 Å². The highest BCUT2D eigenvalue weighted by atomic mass is 16.7. The van der Waals surface area contributed by atoms with Crippen molar-refractivity contribution in [3.8, 4) is 17.2 Å². The van der Waals surface area contributed by atoms with Crippen molar-refractivity contribution in [3.63, 3.8) is 0 Å². The summed E-state index contributed by atoms with van der Waals surface area (Å²) in [4.78, 5) is 25.4. The standard InChI is InChI=1S/C24H21N3O6/c1-13-21-16(26-27-23(29)15-5-2-3-7-17(15)28)6-4-8-19(21)33-22(13)24(30)25-14-9-10-18-20(11-14)32-12-31-18/h2-3,5,7,9-11,28H,4,6,8,12H2,1H3,(H,25,30)(H,27,29)/b26-16+. The van der Waals surface area contributed by atoms with Crippen LogP contribution in [0.4, 0.5) is 5.69 Å². The van der Waals surface area contributed by atoms with Gasteiger partial charge in [-0.1, -0.05) is 12.1 Å². The SMILES string of the molecule is Cc1c(C(=O)Nc2ccc3c(c2)OCO3)oc2c1/C(=N/NC(=O)c1ccccc1O)CCC2. The number of hydrazone groups is 1. The van der Waals surface area contributed by atoms with E-state index in [1.165, 1.54) is 12.1 Å². The molecule has 168 valence electrons. The molecular formula is C24H21N3O6. The summed E-state index contributed by atoms with van der Waals surface area (Å²) in [6.45, 7) is 1.95. The summed E-state index contributed by atoms with van der Waals surface area (Å²) in [6.07, 6.45) is 2.06. The van der Waals surface area contributed by atoms with Crippen LogP contribution in [-0.2, 0) is 6.42 Å². The maximum atomic E-state index is 12.9. The molecule has 9 heteroatoms. The van der Waals surface area contributed by atoms with Gasteiger partial charge in [-0.05, 0) is 44.0 Å². The molecule has 0 atom stereocenters. The number of hydrogen-bond acceptors (Lipinski definition) is 7. The Morgan fingerprint density at radius 2 is 1.85 bits per heavy atom. The van der Waals surface area contributed by atoms with Crippen molar-refractivity contribution in [2.24, 2.45) is 5.10 Å². The predicted molar refractivity (Wildman–Crippen MR) is 119 cm³/mol. The van der Waals surface area contributed by atoms with Gasteiger partial charge >= 0.3 is 0 Å². The first-order valence-electron chi connectivity index (χ1n) is 10.5. The lowest BCUT2D eigenvalue weighted by molar-refractivity contribution is 0.0950. The third kappa shape index (κ3) is 3.89. The first-order valence-corrected chi connectivity index (χ1v) is 10.5. The quantitative estimate of drug-likeness (QED) is 0.524. The topological polar surface area (TPSA) is 122 Å². The number of nitrogens with one attached hydrogen (secondary N) is 2. The van der Waals surface area contributed by atoms with Crippen molar-refractivity contribution in [2.75, 3.05) is 12.1 Å². The van der Waals surface area contributed by atoms with E-state index in [0.717, 1.165) is 12.0 Å². The molecule has 0 fully saturated rings. The smallest absolute Gasteiger partial charge is 0.291 e. The second-order valence-corrected chi connectivity index (χ2v) is 7.75. The van der Waals surface area contributed by atoms with Gasteiger partial charge in [0, 0.05) is 29.3 Å². The Labute approximate surface area is 189 Å². The maximum Gasteiger partial charge on any atom is 0.291 e. The van der Waals surface area contributed by atoms with E-state index < -0.39 is 11.8 Å². The molecule has 2 aromatic carbocycles. The van der Waals surface area contributed by atoms with Gasteiger partial charge in [-0.2, -0.15) is 5.10 Å². The molecule has 0 unspecified atom stereocenters. The minimum absolute atomic E-state index is 0.124. The normalized spacial score (nSPS) is 15.2. The van der Waals surface area contributed by atoms with Crippen LogP contribution >= 0.6 is 0 Å². The Morgan fingerprint density at radius 1 is 1.03 bits per heavy atom. The van der Waals surface area contributed by atoms with E-state index in [1.807, 2.05) is 0 Å². The van der Waals surface area contributed by atoms with E-state index >= 15 is 0 Å². The van der Waals surface area contributed by atoms with Gasteiger partial charge < -0.3 is 24.3 Å². The second kappa shape index (κ2) is 8.34. The molecule has 5 rings (SSSR count). The summed E-state index contributed by atoms with van der Waals surface area (Å²) in [5.74, 6) is 1.01. The minimum Gasteiger partial charge on any atom is -0.507 e. The van der Waals surface area contributed by atoms with Gasteiger partial charge in [0.25, 0.3) is 11.8 Å². The van der Waals surface area contributed by atoms with E-state index in [0.29, 0.717) is 47.1 Å². The number of para-hydroxylation sites is 1. The molecule has 1 aromatic heterocycles. The first kappa shape index (κ1) is 20.6.